The average molecular weight is 361 g/mol. The van der Waals surface area contributed by atoms with E-state index in [0.29, 0.717) is 12.5 Å². The Hall–Kier alpha value is -2.72. The molecule has 4 heteroatoms. The maximum atomic E-state index is 13.1. The van der Waals surface area contributed by atoms with Crippen LogP contribution in [0.1, 0.15) is 22.7 Å². The second-order valence-electron chi connectivity index (χ2n) is 6.25. The molecule has 0 saturated heterocycles. The zero-order valence-corrected chi connectivity index (χ0v) is 15.3. The van der Waals surface area contributed by atoms with Crippen LogP contribution in [0, 0.1) is 6.92 Å². The third kappa shape index (κ3) is 3.33. The molecule has 1 aliphatic rings. The van der Waals surface area contributed by atoms with Gasteiger partial charge in [-0.3, -0.25) is 0 Å². The lowest BCUT2D eigenvalue weighted by Gasteiger charge is -2.09. The third-order valence-electron chi connectivity index (χ3n) is 4.39. The minimum Gasteiger partial charge on any atom is -0.475 e. The first-order valence-corrected chi connectivity index (χ1v) is 9.71. The van der Waals surface area contributed by atoms with Crippen molar-refractivity contribution in [3.63, 3.8) is 0 Å². The smallest absolute Gasteiger partial charge is 0.218 e. The summed E-state index contributed by atoms with van der Waals surface area (Å²) in [6.45, 7) is 2.52. The van der Waals surface area contributed by atoms with Gasteiger partial charge in [-0.25, -0.2) is 9.20 Å². The van der Waals surface area contributed by atoms with E-state index in [1.54, 1.807) is 0 Å². The fraction of sp³-hybridized carbons (Fsp3) is 0.136. The summed E-state index contributed by atoms with van der Waals surface area (Å²) in [6.07, 6.45) is 0. The van der Waals surface area contributed by atoms with Crippen molar-refractivity contribution in [2.45, 2.75) is 22.8 Å². The summed E-state index contributed by atoms with van der Waals surface area (Å²) in [7, 11) is -1.28. The van der Waals surface area contributed by atoms with E-state index in [-0.39, 0.29) is 6.04 Å². The molecule has 0 spiro atoms. The summed E-state index contributed by atoms with van der Waals surface area (Å²) in [5.74, 6) is 0.565. The molecule has 0 unspecified atom stereocenters. The van der Waals surface area contributed by atoms with Gasteiger partial charge >= 0.3 is 0 Å². The van der Waals surface area contributed by atoms with Crippen molar-refractivity contribution in [3.05, 3.63) is 95.6 Å². The maximum absolute atomic E-state index is 13.1. The maximum Gasteiger partial charge on any atom is 0.218 e. The molecule has 26 heavy (non-hydrogen) atoms. The lowest BCUT2D eigenvalue weighted by molar-refractivity contribution is 0.319. The second-order valence-corrected chi connectivity index (χ2v) is 7.70. The quantitative estimate of drug-likeness (QED) is 0.677. The molecule has 1 aliphatic heterocycles. The summed E-state index contributed by atoms with van der Waals surface area (Å²) in [5, 5.41) is 0. The third-order valence-corrected chi connectivity index (χ3v) is 5.84. The summed E-state index contributed by atoms with van der Waals surface area (Å²) in [6, 6.07) is 25.5. The van der Waals surface area contributed by atoms with E-state index in [1.807, 2.05) is 73.7 Å². The number of nitrogens with zero attached hydrogens (tertiary/aromatic N) is 1. The van der Waals surface area contributed by atoms with E-state index in [4.69, 9.17) is 9.73 Å². The molecule has 0 fully saturated rings. The number of aryl methyl sites for hydroxylation is 1. The fourth-order valence-electron chi connectivity index (χ4n) is 2.96. The Labute approximate surface area is 155 Å². The number of aliphatic imine (C=N–C) groups is 1. The Morgan fingerprint density at radius 1 is 0.923 bits per heavy atom. The highest BCUT2D eigenvalue weighted by atomic mass is 32.2. The average Bonchev–Trinajstić information content (AvgIpc) is 3.19. The predicted molar refractivity (Wildman–Crippen MR) is 104 cm³/mol. The Bertz CT molecular complexity index is 965. The lowest BCUT2D eigenvalue weighted by atomic mass is 10.1. The van der Waals surface area contributed by atoms with Gasteiger partial charge in [-0.05, 0) is 36.8 Å². The number of hydrogen-bond donors (Lipinski definition) is 0. The van der Waals surface area contributed by atoms with Crippen LogP contribution in [0.25, 0.3) is 0 Å². The minimum absolute atomic E-state index is 0.0212. The largest absolute Gasteiger partial charge is 0.475 e. The van der Waals surface area contributed by atoms with Crippen molar-refractivity contribution in [1.82, 2.24) is 0 Å². The van der Waals surface area contributed by atoms with Gasteiger partial charge in [0.05, 0.1) is 21.3 Å². The topological polar surface area (TPSA) is 38.7 Å². The molecule has 0 radical (unpaired) electrons. The number of rotatable bonds is 4. The van der Waals surface area contributed by atoms with E-state index < -0.39 is 10.8 Å². The molecule has 130 valence electrons. The van der Waals surface area contributed by atoms with Crippen LogP contribution in [0.2, 0.25) is 0 Å². The van der Waals surface area contributed by atoms with Gasteiger partial charge in [0.15, 0.2) is 0 Å². The number of ether oxygens (including phenoxy) is 1. The van der Waals surface area contributed by atoms with Crippen molar-refractivity contribution in [1.29, 1.82) is 0 Å². The van der Waals surface area contributed by atoms with Crippen molar-refractivity contribution >= 4 is 16.7 Å². The number of hydrogen-bond acceptors (Lipinski definition) is 3. The van der Waals surface area contributed by atoms with E-state index in [0.717, 1.165) is 26.5 Å². The number of benzene rings is 3. The minimum atomic E-state index is -1.28. The van der Waals surface area contributed by atoms with Gasteiger partial charge in [-0.2, -0.15) is 0 Å². The van der Waals surface area contributed by atoms with Crippen LogP contribution >= 0.6 is 0 Å². The second kappa shape index (κ2) is 7.26. The van der Waals surface area contributed by atoms with Crippen molar-refractivity contribution < 1.29 is 8.95 Å². The molecule has 4 rings (SSSR count). The van der Waals surface area contributed by atoms with Crippen LogP contribution in [-0.4, -0.2) is 16.7 Å². The molecule has 0 saturated carbocycles. The van der Waals surface area contributed by atoms with Gasteiger partial charge in [0.2, 0.25) is 5.90 Å². The van der Waals surface area contributed by atoms with E-state index in [1.165, 1.54) is 0 Å². The molecule has 0 bridgehead atoms. The molecular weight excluding hydrogens is 342 g/mol. The van der Waals surface area contributed by atoms with Crippen LogP contribution in [0.15, 0.2) is 93.6 Å². The van der Waals surface area contributed by atoms with Gasteiger partial charge in [0.25, 0.3) is 0 Å². The summed E-state index contributed by atoms with van der Waals surface area (Å²) in [5.41, 5.74) is 3.07. The van der Waals surface area contributed by atoms with E-state index in [2.05, 4.69) is 12.1 Å². The zero-order chi connectivity index (χ0) is 17.9. The van der Waals surface area contributed by atoms with Gasteiger partial charge in [-0.1, -0.05) is 60.2 Å². The van der Waals surface area contributed by atoms with Crippen LogP contribution in [0.5, 0.6) is 0 Å². The molecule has 0 amide bonds. The first-order valence-electron chi connectivity index (χ1n) is 8.56. The molecule has 3 aromatic carbocycles. The molecular formula is C22H19NO2S. The Morgan fingerprint density at radius 2 is 1.62 bits per heavy atom. The molecule has 1 heterocycles. The molecule has 0 aliphatic carbocycles. The van der Waals surface area contributed by atoms with E-state index in [9.17, 15) is 4.21 Å². The van der Waals surface area contributed by atoms with Crippen LogP contribution in [0.4, 0.5) is 0 Å². The highest BCUT2D eigenvalue weighted by Crippen LogP contribution is 2.28. The normalized spacial score (nSPS) is 17.4. The standard InChI is InChI=1S/C22H19NO2S/c1-16-11-13-18(14-12-16)26(24)21-10-6-5-9-19(21)22-23-20(15-25-22)17-7-3-2-4-8-17/h2-14,20H,15H2,1H3/t20-,26-/m0/s1. The summed E-state index contributed by atoms with van der Waals surface area (Å²) < 4.78 is 19.0. The van der Waals surface area contributed by atoms with Crippen LogP contribution in [-0.2, 0) is 15.5 Å². The SMILES string of the molecule is Cc1ccc([S@](=O)c2ccccc2C2=N[C@H](c3ccccc3)CO2)cc1. The van der Waals surface area contributed by atoms with Gasteiger partial charge in [-0.15, -0.1) is 0 Å². The first kappa shape index (κ1) is 16.7. The molecule has 0 N–H and O–H groups in total. The van der Waals surface area contributed by atoms with Gasteiger partial charge in [0.1, 0.15) is 12.6 Å². The van der Waals surface area contributed by atoms with Crippen molar-refractivity contribution in [3.8, 4) is 0 Å². The van der Waals surface area contributed by atoms with Crippen molar-refractivity contribution in [2.24, 2.45) is 4.99 Å². The monoisotopic (exact) mass is 361 g/mol. The molecule has 2 atom stereocenters. The Kier molecular flexibility index (Phi) is 4.67. The highest BCUT2D eigenvalue weighted by molar-refractivity contribution is 7.85. The van der Waals surface area contributed by atoms with Crippen LogP contribution < -0.4 is 0 Å². The Balaban J connectivity index is 1.68. The summed E-state index contributed by atoms with van der Waals surface area (Å²) in [4.78, 5) is 6.24. The van der Waals surface area contributed by atoms with E-state index >= 15 is 0 Å². The molecule has 0 aromatic heterocycles. The first-order chi connectivity index (χ1) is 12.7. The Morgan fingerprint density at radius 3 is 2.38 bits per heavy atom. The summed E-state index contributed by atoms with van der Waals surface area (Å²) >= 11 is 0. The lowest BCUT2D eigenvalue weighted by Crippen LogP contribution is -2.07. The fourth-order valence-corrected chi connectivity index (χ4v) is 4.16. The highest BCUT2D eigenvalue weighted by Gasteiger charge is 2.24. The van der Waals surface area contributed by atoms with Gasteiger partial charge in [0, 0.05) is 4.90 Å². The molecule has 3 nitrogen and oxygen atoms in total. The van der Waals surface area contributed by atoms with Crippen molar-refractivity contribution in [2.75, 3.05) is 6.61 Å². The molecule has 3 aromatic rings. The predicted octanol–water partition coefficient (Wildman–Crippen LogP) is 4.68. The van der Waals surface area contributed by atoms with Crippen LogP contribution in [0.3, 0.4) is 0 Å². The van der Waals surface area contributed by atoms with Gasteiger partial charge < -0.3 is 4.74 Å². The zero-order valence-electron chi connectivity index (χ0n) is 14.5.